The van der Waals surface area contributed by atoms with Crippen LogP contribution in [0.25, 0.3) is 6.08 Å². The molecular formula is C22H24N2O7S2. The van der Waals surface area contributed by atoms with E-state index in [-0.39, 0.29) is 12.5 Å². The normalized spacial score (nSPS) is 13.6. The predicted molar refractivity (Wildman–Crippen MR) is 124 cm³/mol. The Hall–Kier alpha value is -3.02. The van der Waals surface area contributed by atoms with Gasteiger partial charge in [-0.15, -0.1) is 11.3 Å². The van der Waals surface area contributed by atoms with Gasteiger partial charge in [0.15, 0.2) is 6.61 Å². The standard InChI is InChI=1S/C22H24N2O7S2/c1-2-30-22(27)20-17(16-8-9-16)14-32-21(20)24-18(25)13-31-19(26)12-23-33(28,29)11-10-15-6-4-3-5-7-15/h3-7,10-11,14,16,23H,2,8-9,12-13H2,1H3,(H,24,25). The van der Waals surface area contributed by atoms with Gasteiger partial charge in [-0.25, -0.2) is 17.9 Å². The Balaban J connectivity index is 1.48. The fraction of sp³-hybridized carbons (Fsp3) is 0.318. The zero-order valence-corrected chi connectivity index (χ0v) is 19.5. The van der Waals surface area contributed by atoms with Crippen molar-refractivity contribution in [1.29, 1.82) is 0 Å². The first-order valence-electron chi connectivity index (χ1n) is 10.3. The molecule has 1 aliphatic carbocycles. The summed E-state index contributed by atoms with van der Waals surface area (Å²) in [5.41, 5.74) is 1.87. The van der Waals surface area contributed by atoms with Crippen LogP contribution in [0.3, 0.4) is 0 Å². The lowest BCUT2D eigenvalue weighted by Gasteiger charge is -2.09. The van der Waals surface area contributed by atoms with Crippen molar-refractivity contribution in [3.8, 4) is 0 Å². The summed E-state index contributed by atoms with van der Waals surface area (Å²) in [4.78, 5) is 36.4. The van der Waals surface area contributed by atoms with Crippen molar-refractivity contribution in [1.82, 2.24) is 4.72 Å². The van der Waals surface area contributed by atoms with E-state index in [1.165, 1.54) is 17.4 Å². The summed E-state index contributed by atoms with van der Waals surface area (Å²) in [6.07, 6.45) is 3.34. The molecular weight excluding hydrogens is 468 g/mol. The van der Waals surface area contributed by atoms with E-state index >= 15 is 0 Å². The molecule has 1 saturated carbocycles. The summed E-state index contributed by atoms with van der Waals surface area (Å²) in [6, 6.07) is 8.79. The number of ether oxygens (including phenoxy) is 2. The quantitative estimate of drug-likeness (QED) is 0.462. The fourth-order valence-corrected chi connectivity index (χ4v) is 4.67. The molecule has 0 aliphatic heterocycles. The minimum Gasteiger partial charge on any atom is -0.462 e. The molecule has 0 saturated heterocycles. The van der Waals surface area contributed by atoms with E-state index in [1.807, 2.05) is 5.38 Å². The van der Waals surface area contributed by atoms with Crippen LogP contribution in [-0.4, -0.2) is 46.0 Å². The smallest absolute Gasteiger partial charge is 0.341 e. The first-order valence-corrected chi connectivity index (χ1v) is 12.7. The van der Waals surface area contributed by atoms with Gasteiger partial charge in [0.2, 0.25) is 10.0 Å². The average molecular weight is 493 g/mol. The Morgan fingerprint density at radius 3 is 2.55 bits per heavy atom. The number of thiophene rings is 1. The number of sulfonamides is 1. The van der Waals surface area contributed by atoms with Crippen LogP contribution in [0.5, 0.6) is 0 Å². The third-order valence-corrected chi connectivity index (χ3v) is 6.55. The Morgan fingerprint density at radius 2 is 1.88 bits per heavy atom. The summed E-state index contributed by atoms with van der Waals surface area (Å²) in [6.45, 7) is 0.650. The highest BCUT2D eigenvalue weighted by atomic mass is 32.2. The minimum atomic E-state index is -3.86. The van der Waals surface area contributed by atoms with Crippen LogP contribution in [0.1, 0.15) is 47.2 Å². The number of carbonyl (C=O) groups is 3. The highest BCUT2D eigenvalue weighted by molar-refractivity contribution is 7.92. The fourth-order valence-electron chi connectivity index (χ4n) is 2.87. The molecule has 0 spiro atoms. The van der Waals surface area contributed by atoms with Crippen LogP contribution in [0.15, 0.2) is 41.1 Å². The van der Waals surface area contributed by atoms with Crippen molar-refractivity contribution in [3.63, 3.8) is 0 Å². The Morgan fingerprint density at radius 1 is 1.15 bits per heavy atom. The molecule has 1 aromatic heterocycles. The lowest BCUT2D eigenvalue weighted by Crippen LogP contribution is -2.31. The van der Waals surface area contributed by atoms with Crippen LogP contribution in [0.2, 0.25) is 0 Å². The minimum absolute atomic E-state index is 0.209. The molecule has 1 aromatic carbocycles. The molecule has 0 radical (unpaired) electrons. The molecule has 0 atom stereocenters. The van der Waals surface area contributed by atoms with Crippen molar-refractivity contribution in [2.24, 2.45) is 0 Å². The van der Waals surface area contributed by atoms with Crippen LogP contribution >= 0.6 is 11.3 Å². The molecule has 11 heteroatoms. The van der Waals surface area contributed by atoms with Gasteiger partial charge in [-0.1, -0.05) is 30.3 Å². The molecule has 1 fully saturated rings. The Kier molecular flexibility index (Phi) is 8.37. The van der Waals surface area contributed by atoms with E-state index in [2.05, 4.69) is 10.0 Å². The van der Waals surface area contributed by atoms with Crippen LogP contribution in [-0.2, 0) is 29.1 Å². The van der Waals surface area contributed by atoms with E-state index in [0.29, 0.717) is 16.1 Å². The largest absolute Gasteiger partial charge is 0.462 e. The Labute approximate surface area is 195 Å². The number of carbonyl (C=O) groups excluding carboxylic acids is 3. The highest BCUT2D eigenvalue weighted by Gasteiger charge is 2.32. The maximum absolute atomic E-state index is 12.3. The third kappa shape index (κ3) is 7.52. The van der Waals surface area contributed by atoms with Crippen LogP contribution in [0, 0.1) is 0 Å². The third-order valence-electron chi connectivity index (χ3n) is 4.59. The van der Waals surface area contributed by atoms with E-state index in [9.17, 15) is 22.8 Å². The SMILES string of the molecule is CCOC(=O)c1c(C2CC2)csc1NC(=O)COC(=O)CNS(=O)(=O)C=Cc1ccccc1. The number of hydrogen-bond acceptors (Lipinski definition) is 8. The molecule has 2 aromatic rings. The molecule has 33 heavy (non-hydrogen) atoms. The topological polar surface area (TPSA) is 128 Å². The number of hydrogen-bond donors (Lipinski definition) is 2. The van der Waals surface area contributed by atoms with E-state index in [1.54, 1.807) is 37.3 Å². The molecule has 9 nitrogen and oxygen atoms in total. The lowest BCUT2D eigenvalue weighted by molar-refractivity contribution is -0.146. The van der Waals surface area contributed by atoms with Crippen LogP contribution < -0.4 is 10.0 Å². The lowest BCUT2D eigenvalue weighted by atomic mass is 10.1. The van der Waals surface area contributed by atoms with Crippen molar-refractivity contribution in [2.75, 3.05) is 25.1 Å². The molecule has 1 aliphatic rings. The number of amides is 1. The van der Waals surface area contributed by atoms with Gasteiger partial charge >= 0.3 is 11.9 Å². The van der Waals surface area contributed by atoms with Gasteiger partial charge < -0.3 is 14.8 Å². The summed E-state index contributed by atoms with van der Waals surface area (Å²) in [7, 11) is -3.86. The molecule has 0 unspecified atom stereocenters. The molecule has 1 heterocycles. The monoisotopic (exact) mass is 492 g/mol. The summed E-state index contributed by atoms with van der Waals surface area (Å²) in [5, 5.41) is 5.67. The van der Waals surface area contributed by atoms with Crippen molar-refractivity contribution >= 4 is 50.3 Å². The number of benzene rings is 1. The zero-order valence-electron chi connectivity index (χ0n) is 17.9. The van der Waals surface area contributed by atoms with E-state index in [4.69, 9.17) is 9.47 Å². The second-order valence-corrected chi connectivity index (χ2v) is 9.71. The van der Waals surface area contributed by atoms with Crippen molar-refractivity contribution in [3.05, 3.63) is 57.8 Å². The molecule has 176 valence electrons. The van der Waals surface area contributed by atoms with E-state index in [0.717, 1.165) is 23.8 Å². The number of anilines is 1. The molecule has 0 bridgehead atoms. The van der Waals surface area contributed by atoms with Gasteiger partial charge in [0.05, 0.1) is 12.2 Å². The first kappa shape index (κ1) is 24.6. The Bertz CT molecular complexity index is 1140. The van der Waals surface area contributed by atoms with Gasteiger partial charge in [-0.3, -0.25) is 9.59 Å². The average Bonchev–Trinajstić information content (AvgIpc) is 3.56. The highest BCUT2D eigenvalue weighted by Crippen LogP contribution is 2.46. The maximum atomic E-state index is 12.3. The van der Waals surface area contributed by atoms with Gasteiger partial charge in [-0.05, 0) is 48.3 Å². The summed E-state index contributed by atoms with van der Waals surface area (Å²) < 4.78 is 36.0. The summed E-state index contributed by atoms with van der Waals surface area (Å²) in [5.74, 6) is -1.79. The summed E-state index contributed by atoms with van der Waals surface area (Å²) >= 11 is 1.21. The molecule has 2 N–H and O–H groups in total. The van der Waals surface area contributed by atoms with Crippen LogP contribution in [0.4, 0.5) is 5.00 Å². The molecule has 1 amide bonds. The van der Waals surface area contributed by atoms with Gasteiger partial charge in [-0.2, -0.15) is 0 Å². The first-order chi connectivity index (χ1) is 15.8. The van der Waals surface area contributed by atoms with E-state index < -0.39 is 41.0 Å². The van der Waals surface area contributed by atoms with Gasteiger partial charge in [0.1, 0.15) is 11.5 Å². The second-order valence-electron chi connectivity index (χ2n) is 7.18. The van der Waals surface area contributed by atoms with Gasteiger partial charge in [0.25, 0.3) is 5.91 Å². The maximum Gasteiger partial charge on any atom is 0.341 e. The van der Waals surface area contributed by atoms with Crippen molar-refractivity contribution in [2.45, 2.75) is 25.7 Å². The van der Waals surface area contributed by atoms with Gasteiger partial charge in [0, 0.05) is 5.41 Å². The molecule has 3 rings (SSSR count). The number of rotatable bonds is 11. The number of nitrogens with one attached hydrogen (secondary N) is 2. The van der Waals surface area contributed by atoms with Crippen molar-refractivity contribution < 1.29 is 32.3 Å². The number of esters is 2. The predicted octanol–water partition coefficient (Wildman–Crippen LogP) is 2.87. The zero-order chi connectivity index (χ0) is 23.8. The second kappa shape index (κ2) is 11.2.